The molecule has 1 amide bonds. The maximum atomic E-state index is 12.6. The summed E-state index contributed by atoms with van der Waals surface area (Å²) in [6.45, 7) is 4.80. The molecule has 29 heavy (non-hydrogen) atoms. The van der Waals surface area contributed by atoms with Crippen molar-refractivity contribution in [2.75, 3.05) is 13.2 Å². The van der Waals surface area contributed by atoms with Gasteiger partial charge in [-0.15, -0.1) is 0 Å². The van der Waals surface area contributed by atoms with Gasteiger partial charge in [0.05, 0.1) is 17.6 Å². The lowest BCUT2D eigenvalue weighted by molar-refractivity contribution is -0.129. The summed E-state index contributed by atoms with van der Waals surface area (Å²) < 4.78 is 12.5. The average Bonchev–Trinajstić information content (AvgIpc) is 2.72. The van der Waals surface area contributed by atoms with Gasteiger partial charge < -0.3 is 15.2 Å². The number of amides is 1. The molecule has 1 unspecified atom stereocenters. The Morgan fingerprint density at radius 1 is 1.14 bits per heavy atom. The Bertz CT molecular complexity index is 1040. The Morgan fingerprint density at radius 3 is 2.48 bits per heavy atom. The highest BCUT2D eigenvalue weighted by Crippen LogP contribution is 2.15. The molecule has 0 fully saturated rings. The van der Waals surface area contributed by atoms with Crippen molar-refractivity contribution >= 4 is 16.7 Å². The molecule has 0 spiro atoms. The monoisotopic (exact) mass is 395 g/mol. The third-order valence-electron chi connectivity index (χ3n) is 4.65. The van der Waals surface area contributed by atoms with Crippen molar-refractivity contribution in [2.24, 2.45) is 5.73 Å². The fraction of sp³-hybridized carbons (Fsp3) is 0.318. The molecule has 0 saturated heterocycles. The fourth-order valence-corrected chi connectivity index (χ4v) is 3.18. The van der Waals surface area contributed by atoms with Crippen LogP contribution in [0.15, 0.2) is 53.3 Å². The smallest absolute Gasteiger partial charge is 0.274 e. The first-order valence-electron chi connectivity index (χ1n) is 9.58. The second kappa shape index (κ2) is 9.34. The summed E-state index contributed by atoms with van der Waals surface area (Å²) in [6, 6.07) is 14.8. The van der Waals surface area contributed by atoms with Crippen molar-refractivity contribution in [3.8, 4) is 5.75 Å². The number of ether oxygens (including phenoxy) is 2. The number of nitrogens with two attached hydrogens (primary N) is 1. The zero-order valence-corrected chi connectivity index (χ0v) is 16.6. The topological polar surface area (TPSA) is 96.4 Å². The number of carbonyl (C=O) groups is 1. The molecule has 2 N–H and O–H groups in total. The van der Waals surface area contributed by atoms with Gasteiger partial charge >= 0.3 is 0 Å². The maximum Gasteiger partial charge on any atom is 0.274 e. The first kappa shape index (κ1) is 20.5. The van der Waals surface area contributed by atoms with Crippen LogP contribution < -0.4 is 16.0 Å². The number of rotatable bonds is 9. The van der Waals surface area contributed by atoms with Gasteiger partial charge in [-0.3, -0.25) is 9.59 Å². The molecule has 2 aromatic carbocycles. The van der Waals surface area contributed by atoms with E-state index in [9.17, 15) is 9.59 Å². The fourth-order valence-electron chi connectivity index (χ4n) is 3.18. The minimum absolute atomic E-state index is 0.126. The minimum atomic E-state index is -0.638. The van der Waals surface area contributed by atoms with Gasteiger partial charge in [0, 0.05) is 18.4 Å². The zero-order valence-electron chi connectivity index (χ0n) is 16.6. The molecule has 0 aliphatic heterocycles. The van der Waals surface area contributed by atoms with Crippen LogP contribution in [-0.4, -0.2) is 35.0 Å². The van der Waals surface area contributed by atoms with Crippen molar-refractivity contribution in [2.45, 2.75) is 32.9 Å². The molecule has 0 aliphatic rings. The van der Waals surface area contributed by atoms with E-state index in [-0.39, 0.29) is 5.56 Å². The molecule has 0 aliphatic carbocycles. The number of fused-ring (bicyclic) bond motifs is 1. The molecular weight excluding hydrogens is 370 g/mol. The minimum Gasteiger partial charge on any atom is -0.492 e. The predicted octanol–water partition coefficient (Wildman–Crippen LogP) is 2.22. The van der Waals surface area contributed by atoms with Crippen LogP contribution in [0.3, 0.4) is 0 Å². The van der Waals surface area contributed by atoms with E-state index in [1.54, 1.807) is 0 Å². The standard InChI is InChI=1S/C22H25N3O4/c1-3-28-20(21(23)26)14-16-8-10-17(11-9-16)29-13-12-25-22(27)19-7-5-4-6-18(19)15(2)24-25/h4-11,20H,3,12-14H2,1-2H3,(H2,23,26). The van der Waals surface area contributed by atoms with E-state index in [0.29, 0.717) is 37.3 Å². The van der Waals surface area contributed by atoms with E-state index in [1.165, 1.54) is 4.68 Å². The number of hydrogen-bond donors (Lipinski definition) is 1. The largest absolute Gasteiger partial charge is 0.492 e. The molecule has 1 heterocycles. The first-order chi connectivity index (χ1) is 14.0. The van der Waals surface area contributed by atoms with E-state index in [0.717, 1.165) is 16.6 Å². The highest BCUT2D eigenvalue weighted by atomic mass is 16.5. The highest BCUT2D eigenvalue weighted by Gasteiger charge is 2.15. The van der Waals surface area contributed by atoms with Crippen LogP contribution in [0.4, 0.5) is 0 Å². The number of primary amides is 1. The van der Waals surface area contributed by atoms with E-state index in [1.807, 2.05) is 62.4 Å². The second-order valence-electron chi connectivity index (χ2n) is 6.70. The van der Waals surface area contributed by atoms with Gasteiger partial charge in [-0.05, 0) is 37.6 Å². The lowest BCUT2D eigenvalue weighted by Gasteiger charge is -2.14. The van der Waals surface area contributed by atoms with Crippen molar-refractivity contribution in [1.82, 2.24) is 9.78 Å². The van der Waals surface area contributed by atoms with Crippen LogP contribution >= 0.6 is 0 Å². The van der Waals surface area contributed by atoms with Crippen molar-refractivity contribution in [3.63, 3.8) is 0 Å². The number of hydrogen-bond acceptors (Lipinski definition) is 5. The summed E-state index contributed by atoms with van der Waals surface area (Å²) >= 11 is 0. The van der Waals surface area contributed by atoms with Crippen LogP contribution in [0, 0.1) is 6.92 Å². The SMILES string of the molecule is CCOC(Cc1ccc(OCCn2nc(C)c3ccccc3c2=O)cc1)C(N)=O. The van der Waals surface area contributed by atoms with E-state index >= 15 is 0 Å². The summed E-state index contributed by atoms with van der Waals surface area (Å²) in [5, 5.41) is 5.90. The summed E-state index contributed by atoms with van der Waals surface area (Å²) in [5.41, 5.74) is 6.97. The number of nitrogens with zero attached hydrogens (tertiary/aromatic N) is 2. The molecule has 1 aromatic heterocycles. The molecule has 7 heteroatoms. The van der Waals surface area contributed by atoms with Gasteiger partial charge in [0.15, 0.2) is 0 Å². The normalized spacial score (nSPS) is 12.1. The number of benzene rings is 2. The van der Waals surface area contributed by atoms with Crippen LogP contribution in [0.1, 0.15) is 18.2 Å². The van der Waals surface area contributed by atoms with Gasteiger partial charge in [0.1, 0.15) is 18.5 Å². The maximum absolute atomic E-state index is 12.6. The Kier molecular flexibility index (Phi) is 6.61. The van der Waals surface area contributed by atoms with Crippen LogP contribution in [-0.2, 0) is 22.5 Å². The van der Waals surface area contributed by atoms with Crippen LogP contribution in [0.2, 0.25) is 0 Å². The van der Waals surface area contributed by atoms with Gasteiger partial charge in [-0.2, -0.15) is 5.10 Å². The number of carbonyl (C=O) groups excluding carboxylic acids is 1. The second-order valence-corrected chi connectivity index (χ2v) is 6.70. The summed E-state index contributed by atoms with van der Waals surface area (Å²) in [7, 11) is 0. The van der Waals surface area contributed by atoms with Gasteiger partial charge in [0.25, 0.3) is 5.56 Å². The molecular formula is C22H25N3O4. The van der Waals surface area contributed by atoms with E-state index in [2.05, 4.69) is 5.10 Å². The highest BCUT2D eigenvalue weighted by molar-refractivity contribution is 5.83. The average molecular weight is 395 g/mol. The molecule has 0 radical (unpaired) electrons. The quantitative estimate of drug-likeness (QED) is 0.599. The number of aryl methyl sites for hydroxylation is 1. The molecule has 7 nitrogen and oxygen atoms in total. The number of aromatic nitrogens is 2. The Hall–Kier alpha value is -3.19. The zero-order chi connectivity index (χ0) is 20.8. The predicted molar refractivity (Wildman–Crippen MR) is 111 cm³/mol. The first-order valence-corrected chi connectivity index (χ1v) is 9.58. The molecule has 0 saturated carbocycles. The summed E-state index contributed by atoms with van der Waals surface area (Å²) in [4.78, 5) is 24.0. The molecule has 3 aromatic rings. The summed E-state index contributed by atoms with van der Waals surface area (Å²) in [5.74, 6) is 0.196. The van der Waals surface area contributed by atoms with Crippen LogP contribution in [0.5, 0.6) is 5.75 Å². The van der Waals surface area contributed by atoms with Crippen LogP contribution in [0.25, 0.3) is 10.8 Å². The van der Waals surface area contributed by atoms with Crippen molar-refractivity contribution in [3.05, 3.63) is 70.1 Å². The van der Waals surface area contributed by atoms with Gasteiger partial charge in [0.2, 0.25) is 5.91 Å². The van der Waals surface area contributed by atoms with Crippen molar-refractivity contribution < 1.29 is 14.3 Å². The molecule has 0 bridgehead atoms. The summed E-state index contributed by atoms with van der Waals surface area (Å²) in [6.07, 6.45) is -0.222. The lowest BCUT2D eigenvalue weighted by Crippen LogP contribution is -2.33. The Labute approximate surface area is 169 Å². The van der Waals surface area contributed by atoms with E-state index in [4.69, 9.17) is 15.2 Å². The van der Waals surface area contributed by atoms with Gasteiger partial charge in [-0.25, -0.2) is 4.68 Å². The molecule has 152 valence electrons. The Morgan fingerprint density at radius 2 is 1.83 bits per heavy atom. The lowest BCUT2D eigenvalue weighted by atomic mass is 10.1. The Balaban J connectivity index is 1.61. The molecule has 3 rings (SSSR count). The van der Waals surface area contributed by atoms with Crippen molar-refractivity contribution in [1.29, 1.82) is 0 Å². The molecule has 1 atom stereocenters. The van der Waals surface area contributed by atoms with Gasteiger partial charge in [-0.1, -0.05) is 30.3 Å². The van der Waals surface area contributed by atoms with E-state index < -0.39 is 12.0 Å². The third kappa shape index (κ3) is 5.00. The third-order valence-corrected chi connectivity index (χ3v) is 4.65.